The lowest BCUT2D eigenvalue weighted by atomic mass is 10.4. The average molecular weight is 155 g/mol. The molecule has 0 aromatic carbocycles. The zero-order chi connectivity index (χ0) is 8.10. The van der Waals surface area contributed by atoms with Crippen LogP contribution in [0.5, 0.6) is 0 Å². The Morgan fingerprint density at radius 3 is 3.09 bits per heavy atom. The minimum absolute atomic E-state index is 0.650. The number of aryl methyl sites for hydroxylation is 1. The summed E-state index contributed by atoms with van der Waals surface area (Å²) in [6.45, 7) is 4.07. The highest BCUT2D eigenvalue weighted by Gasteiger charge is 1.97. The Kier molecular flexibility index (Phi) is 3.07. The lowest BCUT2D eigenvalue weighted by Crippen LogP contribution is -2.21. The van der Waals surface area contributed by atoms with Crippen LogP contribution < -0.4 is 11.1 Å². The molecule has 0 aliphatic rings. The van der Waals surface area contributed by atoms with Crippen LogP contribution in [-0.4, -0.2) is 18.2 Å². The highest BCUT2D eigenvalue weighted by molar-refractivity contribution is 5.02. The van der Waals surface area contributed by atoms with Crippen LogP contribution in [0.3, 0.4) is 0 Å². The molecule has 0 aliphatic carbocycles. The number of nitrogens with two attached hydrogens (primary N) is 1. The maximum Gasteiger partial charge on any atom is 0.133 e. The summed E-state index contributed by atoms with van der Waals surface area (Å²) in [5, 5.41) is 6.93. The highest BCUT2D eigenvalue weighted by atomic mass is 16.5. The van der Waals surface area contributed by atoms with E-state index in [-0.39, 0.29) is 0 Å². The van der Waals surface area contributed by atoms with E-state index in [1.165, 1.54) is 0 Å². The Hall–Kier alpha value is -0.870. The second kappa shape index (κ2) is 4.10. The van der Waals surface area contributed by atoms with Gasteiger partial charge in [-0.2, -0.15) is 0 Å². The molecular weight excluding hydrogens is 142 g/mol. The molecule has 0 amide bonds. The van der Waals surface area contributed by atoms with Gasteiger partial charge in [-0.05, 0) is 6.92 Å². The number of hydrogen-bond acceptors (Lipinski definition) is 4. The zero-order valence-corrected chi connectivity index (χ0v) is 6.63. The lowest BCUT2D eigenvalue weighted by molar-refractivity contribution is 0.388. The summed E-state index contributed by atoms with van der Waals surface area (Å²) >= 11 is 0. The molecule has 11 heavy (non-hydrogen) atoms. The van der Waals surface area contributed by atoms with Crippen molar-refractivity contribution in [2.45, 2.75) is 13.5 Å². The number of nitrogens with zero attached hydrogens (tertiary/aromatic N) is 1. The fourth-order valence-electron chi connectivity index (χ4n) is 0.820. The van der Waals surface area contributed by atoms with E-state index in [1.54, 1.807) is 0 Å². The van der Waals surface area contributed by atoms with Crippen molar-refractivity contribution in [2.75, 3.05) is 13.1 Å². The van der Waals surface area contributed by atoms with E-state index < -0.39 is 0 Å². The second-order valence-electron chi connectivity index (χ2n) is 2.39. The smallest absolute Gasteiger partial charge is 0.133 e. The van der Waals surface area contributed by atoms with Gasteiger partial charge in [0.05, 0.1) is 5.69 Å². The Bertz CT molecular complexity index is 209. The molecule has 62 valence electrons. The molecule has 1 aromatic rings. The molecule has 1 heterocycles. The third-order valence-corrected chi connectivity index (χ3v) is 1.30. The predicted molar refractivity (Wildman–Crippen MR) is 42.0 cm³/mol. The van der Waals surface area contributed by atoms with Crippen LogP contribution >= 0.6 is 0 Å². The van der Waals surface area contributed by atoms with Crippen LogP contribution in [-0.2, 0) is 6.54 Å². The maximum atomic E-state index is 5.29. The summed E-state index contributed by atoms with van der Waals surface area (Å²) in [5.41, 5.74) is 6.22. The Morgan fingerprint density at radius 1 is 1.73 bits per heavy atom. The van der Waals surface area contributed by atoms with E-state index in [4.69, 9.17) is 10.3 Å². The van der Waals surface area contributed by atoms with Crippen molar-refractivity contribution in [3.63, 3.8) is 0 Å². The quantitative estimate of drug-likeness (QED) is 0.602. The minimum atomic E-state index is 0.650. The Labute approximate surface area is 65.7 Å². The molecule has 0 unspecified atom stereocenters. The summed E-state index contributed by atoms with van der Waals surface area (Å²) in [7, 11) is 0. The van der Waals surface area contributed by atoms with Gasteiger partial charge < -0.3 is 15.6 Å². The van der Waals surface area contributed by atoms with Gasteiger partial charge in [0.2, 0.25) is 0 Å². The molecule has 0 saturated carbocycles. The average Bonchev–Trinajstić information content (AvgIpc) is 2.37. The Morgan fingerprint density at radius 2 is 2.55 bits per heavy atom. The molecule has 0 saturated heterocycles. The molecule has 1 aromatic heterocycles. The zero-order valence-electron chi connectivity index (χ0n) is 6.63. The third-order valence-electron chi connectivity index (χ3n) is 1.30. The molecule has 0 aliphatic heterocycles. The van der Waals surface area contributed by atoms with Crippen LogP contribution in [0.25, 0.3) is 0 Å². The molecule has 1 rings (SSSR count). The standard InChI is InChI=1S/C7H13N3O/c1-6-4-7(10-11-6)5-9-3-2-8/h4,9H,2-3,5,8H2,1H3. The van der Waals surface area contributed by atoms with E-state index in [2.05, 4.69) is 10.5 Å². The first-order valence-corrected chi connectivity index (χ1v) is 3.66. The van der Waals surface area contributed by atoms with Crippen molar-refractivity contribution in [3.8, 4) is 0 Å². The van der Waals surface area contributed by atoms with E-state index in [0.717, 1.165) is 24.5 Å². The molecule has 0 fully saturated rings. The molecular formula is C7H13N3O. The summed E-state index contributed by atoms with van der Waals surface area (Å²) in [6.07, 6.45) is 0. The molecule has 0 radical (unpaired) electrons. The van der Waals surface area contributed by atoms with E-state index in [0.29, 0.717) is 6.54 Å². The SMILES string of the molecule is Cc1cc(CNCCN)no1. The van der Waals surface area contributed by atoms with Gasteiger partial charge in [-0.3, -0.25) is 0 Å². The van der Waals surface area contributed by atoms with Crippen LogP contribution in [0.15, 0.2) is 10.6 Å². The van der Waals surface area contributed by atoms with Crippen molar-refractivity contribution in [1.82, 2.24) is 10.5 Å². The van der Waals surface area contributed by atoms with Gasteiger partial charge in [0.1, 0.15) is 5.76 Å². The molecule has 0 spiro atoms. The molecule has 4 heteroatoms. The van der Waals surface area contributed by atoms with Gasteiger partial charge in [-0.15, -0.1) is 0 Å². The van der Waals surface area contributed by atoms with Crippen LogP contribution in [0, 0.1) is 6.92 Å². The van der Waals surface area contributed by atoms with Crippen molar-refractivity contribution >= 4 is 0 Å². The van der Waals surface area contributed by atoms with Gasteiger partial charge in [0, 0.05) is 25.7 Å². The normalized spacial score (nSPS) is 10.4. The first-order valence-electron chi connectivity index (χ1n) is 3.66. The van der Waals surface area contributed by atoms with E-state index >= 15 is 0 Å². The fourth-order valence-corrected chi connectivity index (χ4v) is 0.820. The first kappa shape index (κ1) is 8.23. The Balaban J connectivity index is 2.27. The summed E-state index contributed by atoms with van der Waals surface area (Å²) < 4.78 is 4.87. The van der Waals surface area contributed by atoms with Crippen molar-refractivity contribution in [1.29, 1.82) is 0 Å². The van der Waals surface area contributed by atoms with Gasteiger partial charge in [-0.25, -0.2) is 0 Å². The molecule has 0 atom stereocenters. The summed E-state index contributed by atoms with van der Waals surface area (Å²) in [4.78, 5) is 0. The maximum absolute atomic E-state index is 5.29. The second-order valence-corrected chi connectivity index (χ2v) is 2.39. The summed E-state index contributed by atoms with van der Waals surface area (Å²) in [6, 6.07) is 1.91. The van der Waals surface area contributed by atoms with E-state index in [9.17, 15) is 0 Å². The van der Waals surface area contributed by atoms with Crippen LogP contribution in [0.4, 0.5) is 0 Å². The number of hydrogen-bond donors (Lipinski definition) is 2. The molecule has 4 nitrogen and oxygen atoms in total. The number of aromatic nitrogens is 1. The predicted octanol–water partition coefficient (Wildman–Crippen LogP) is 0.0313. The van der Waals surface area contributed by atoms with Crippen LogP contribution in [0.2, 0.25) is 0 Å². The minimum Gasteiger partial charge on any atom is -0.361 e. The van der Waals surface area contributed by atoms with E-state index in [1.807, 2.05) is 13.0 Å². The van der Waals surface area contributed by atoms with Gasteiger partial charge in [0.15, 0.2) is 0 Å². The number of nitrogens with one attached hydrogen (secondary N) is 1. The van der Waals surface area contributed by atoms with Gasteiger partial charge >= 0.3 is 0 Å². The molecule has 3 N–H and O–H groups in total. The van der Waals surface area contributed by atoms with Crippen molar-refractivity contribution in [2.24, 2.45) is 5.73 Å². The number of rotatable bonds is 4. The first-order chi connectivity index (χ1) is 5.33. The van der Waals surface area contributed by atoms with Crippen molar-refractivity contribution in [3.05, 3.63) is 17.5 Å². The van der Waals surface area contributed by atoms with Gasteiger partial charge in [0.25, 0.3) is 0 Å². The van der Waals surface area contributed by atoms with Crippen molar-refractivity contribution < 1.29 is 4.52 Å². The highest BCUT2D eigenvalue weighted by Crippen LogP contribution is 1.99. The third kappa shape index (κ3) is 2.69. The van der Waals surface area contributed by atoms with Crippen LogP contribution in [0.1, 0.15) is 11.5 Å². The topological polar surface area (TPSA) is 64.1 Å². The largest absolute Gasteiger partial charge is 0.361 e. The summed E-state index contributed by atoms with van der Waals surface area (Å²) in [5.74, 6) is 0.842. The monoisotopic (exact) mass is 155 g/mol. The fraction of sp³-hybridized carbons (Fsp3) is 0.571. The van der Waals surface area contributed by atoms with Gasteiger partial charge in [-0.1, -0.05) is 5.16 Å². The lowest BCUT2D eigenvalue weighted by Gasteiger charge is -1.96. The molecule has 0 bridgehead atoms.